The second kappa shape index (κ2) is 7.22. The number of unbranched alkanes of at least 4 members (excludes halogenated alkanes) is 1. The summed E-state index contributed by atoms with van der Waals surface area (Å²) in [5.41, 5.74) is 10.6. The van der Waals surface area contributed by atoms with E-state index in [0.29, 0.717) is 0 Å². The molecule has 0 aliphatic heterocycles. The molecule has 0 aliphatic carbocycles. The van der Waals surface area contributed by atoms with Crippen LogP contribution in [0.4, 0.5) is 0 Å². The van der Waals surface area contributed by atoms with Gasteiger partial charge in [0.15, 0.2) is 0 Å². The molecule has 3 N–H and O–H groups in total. The number of nitrogens with one attached hydrogen (secondary N) is 1. The highest BCUT2D eigenvalue weighted by Crippen LogP contribution is 2.36. The third kappa shape index (κ3) is 2.95. The second-order valence-electron chi connectivity index (χ2n) is 6.67. The van der Waals surface area contributed by atoms with Gasteiger partial charge in [-0.2, -0.15) is 0 Å². The summed E-state index contributed by atoms with van der Waals surface area (Å²) in [6.07, 6.45) is 3.15. The number of ether oxygens (including phenoxy) is 1. The molecular weight excluding hydrogens is 320 g/mol. The van der Waals surface area contributed by atoms with E-state index in [2.05, 4.69) is 53.5 Å². The number of aromatic nitrogens is 1. The molecule has 4 aromatic rings. The van der Waals surface area contributed by atoms with Gasteiger partial charge in [-0.15, -0.1) is 0 Å². The summed E-state index contributed by atoms with van der Waals surface area (Å²) in [7, 11) is 1.71. The number of rotatable bonds is 6. The number of aromatic amines is 1. The summed E-state index contributed by atoms with van der Waals surface area (Å²) in [6, 6.07) is 21.3. The van der Waals surface area contributed by atoms with Crippen LogP contribution in [-0.2, 0) is 6.42 Å². The van der Waals surface area contributed by atoms with Gasteiger partial charge in [0, 0.05) is 22.0 Å². The fraction of sp³-hybridized carbons (Fsp3) is 0.217. The van der Waals surface area contributed by atoms with Gasteiger partial charge in [-0.05, 0) is 48.9 Å². The average Bonchev–Trinajstić information content (AvgIpc) is 3.07. The van der Waals surface area contributed by atoms with Crippen molar-refractivity contribution < 1.29 is 4.74 Å². The maximum atomic E-state index is 5.72. The summed E-state index contributed by atoms with van der Waals surface area (Å²) in [5.74, 6) is 0.874. The highest BCUT2D eigenvalue weighted by Gasteiger charge is 2.15. The van der Waals surface area contributed by atoms with Gasteiger partial charge in [0.25, 0.3) is 0 Å². The van der Waals surface area contributed by atoms with Crippen molar-refractivity contribution in [1.82, 2.24) is 4.98 Å². The summed E-state index contributed by atoms with van der Waals surface area (Å²) >= 11 is 0. The molecule has 0 bridgehead atoms. The number of hydrogen-bond acceptors (Lipinski definition) is 2. The van der Waals surface area contributed by atoms with Gasteiger partial charge >= 0.3 is 0 Å². The largest absolute Gasteiger partial charge is 0.497 e. The molecule has 132 valence electrons. The van der Waals surface area contributed by atoms with Crippen LogP contribution in [0.1, 0.15) is 18.4 Å². The van der Waals surface area contributed by atoms with Crippen LogP contribution in [0.3, 0.4) is 0 Å². The van der Waals surface area contributed by atoms with E-state index in [4.69, 9.17) is 10.5 Å². The Morgan fingerprint density at radius 3 is 2.65 bits per heavy atom. The third-order valence-corrected chi connectivity index (χ3v) is 5.05. The van der Waals surface area contributed by atoms with Crippen molar-refractivity contribution in [2.45, 2.75) is 19.3 Å². The number of aryl methyl sites for hydroxylation is 1. The van der Waals surface area contributed by atoms with Crippen molar-refractivity contribution in [2.24, 2.45) is 5.73 Å². The predicted molar refractivity (Wildman–Crippen MR) is 110 cm³/mol. The van der Waals surface area contributed by atoms with Gasteiger partial charge in [-0.25, -0.2) is 0 Å². The van der Waals surface area contributed by atoms with Crippen LogP contribution in [0.2, 0.25) is 0 Å². The molecule has 0 spiro atoms. The average molecular weight is 344 g/mol. The van der Waals surface area contributed by atoms with Crippen LogP contribution in [0.25, 0.3) is 32.9 Å². The quantitative estimate of drug-likeness (QED) is 0.468. The Labute approximate surface area is 153 Å². The lowest BCUT2D eigenvalue weighted by molar-refractivity contribution is 0.415. The topological polar surface area (TPSA) is 51.0 Å². The zero-order valence-corrected chi connectivity index (χ0v) is 15.1. The summed E-state index contributed by atoms with van der Waals surface area (Å²) in [6.45, 7) is 0.736. The van der Waals surface area contributed by atoms with Crippen LogP contribution in [0.5, 0.6) is 5.75 Å². The first kappa shape index (κ1) is 16.7. The van der Waals surface area contributed by atoms with Crippen molar-refractivity contribution in [3.8, 4) is 17.0 Å². The van der Waals surface area contributed by atoms with E-state index in [1.54, 1.807) is 7.11 Å². The SMILES string of the molecule is COc1cccc(-c2[nH]c3c(ccc4ccccc43)c2CCCCN)c1. The molecule has 0 saturated carbocycles. The van der Waals surface area contributed by atoms with Crippen LogP contribution in [0.15, 0.2) is 60.7 Å². The maximum absolute atomic E-state index is 5.72. The zero-order valence-electron chi connectivity index (χ0n) is 15.1. The van der Waals surface area contributed by atoms with E-state index >= 15 is 0 Å². The normalized spacial score (nSPS) is 11.3. The van der Waals surface area contributed by atoms with Gasteiger partial charge in [0.2, 0.25) is 0 Å². The molecule has 4 rings (SSSR count). The van der Waals surface area contributed by atoms with Crippen LogP contribution in [0, 0.1) is 0 Å². The minimum absolute atomic E-state index is 0.736. The molecule has 1 heterocycles. The monoisotopic (exact) mass is 344 g/mol. The standard InChI is InChI=1S/C23H24N2O/c1-26-18-9-6-8-17(15-18)22-20(11-4-5-14-24)21-13-12-16-7-2-3-10-19(16)23(21)25-22/h2-3,6-10,12-13,15,25H,4-5,11,14,24H2,1H3. The van der Waals surface area contributed by atoms with Crippen molar-refractivity contribution in [3.05, 3.63) is 66.2 Å². The molecule has 0 aliphatic rings. The van der Waals surface area contributed by atoms with Gasteiger partial charge in [-0.1, -0.05) is 48.5 Å². The van der Waals surface area contributed by atoms with Crippen molar-refractivity contribution in [2.75, 3.05) is 13.7 Å². The Morgan fingerprint density at radius 1 is 0.923 bits per heavy atom. The highest BCUT2D eigenvalue weighted by atomic mass is 16.5. The lowest BCUT2D eigenvalue weighted by Crippen LogP contribution is -1.99. The van der Waals surface area contributed by atoms with E-state index in [-0.39, 0.29) is 0 Å². The van der Waals surface area contributed by atoms with Gasteiger partial charge in [-0.3, -0.25) is 0 Å². The van der Waals surface area contributed by atoms with Gasteiger partial charge in [0.1, 0.15) is 5.75 Å². The fourth-order valence-electron chi connectivity index (χ4n) is 3.72. The van der Waals surface area contributed by atoms with Crippen molar-refractivity contribution in [3.63, 3.8) is 0 Å². The first-order chi connectivity index (χ1) is 12.8. The summed E-state index contributed by atoms with van der Waals surface area (Å²) in [4.78, 5) is 3.71. The third-order valence-electron chi connectivity index (χ3n) is 5.05. The second-order valence-corrected chi connectivity index (χ2v) is 6.67. The Morgan fingerprint density at radius 2 is 1.81 bits per heavy atom. The molecule has 0 unspecified atom stereocenters. The van der Waals surface area contributed by atoms with E-state index in [1.807, 2.05) is 12.1 Å². The van der Waals surface area contributed by atoms with Gasteiger partial charge < -0.3 is 15.5 Å². The molecule has 0 atom stereocenters. The molecule has 0 amide bonds. The molecule has 3 heteroatoms. The summed E-state index contributed by atoms with van der Waals surface area (Å²) in [5, 5.41) is 3.82. The smallest absolute Gasteiger partial charge is 0.119 e. The van der Waals surface area contributed by atoms with E-state index < -0.39 is 0 Å². The van der Waals surface area contributed by atoms with E-state index in [1.165, 1.54) is 32.9 Å². The number of fused-ring (bicyclic) bond motifs is 3. The minimum Gasteiger partial charge on any atom is -0.497 e. The van der Waals surface area contributed by atoms with E-state index in [9.17, 15) is 0 Å². The minimum atomic E-state index is 0.736. The van der Waals surface area contributed by atoms with Crippen LogP contribution < -0.4 is 10.5 Å². The van der Waals surface area contributed by atoms with E-state index in [0.717, 1.165) is 37.1 Å². The molecule has 0 saturated heterocycles. The van der Waals surface area contributed by atoms with Crippen LogP contribution in [-0.4, -0.2) is 18.6 Å². The van der Waals surface area contributed by atoms with Crippen molar-refractivity contribution >= 4 is 21.7 Å². The Hall–Kier alpha value is -2.78. The molecule has 0 fully saturated rings. The molecule has 3 nitrogen and oxygen atoms in total. The molecule has 1 aromatic heterocycles. The number of methoxy groups -OCH3 is 1. The maximum Gasteiger partial charge on any atom is 0.119 e. The Balaban J connectivity index is 1.94. The molecule has 0 radical (unpaired) electrons. The first-order valence-corrected chi connectivity index (χ1v) is 9.18. The number of benzene rings is 3. The lowest BCUT2D eigenvalue weighted by atomic mass is 9.98. The molecule has 26 heavy (non-hydrogen) atoms. The Kier molecular flexibility index (Phi) is 4.63. The van der Waals surface area contributed by atoms with Gasteiger partial charge in [0.05, 0.1) is 12.6 Å². The Bertz CT molecular complexity index is 1050. The molecular formula is C23H24N2O. The number of nitrogens with two attached hydrogens (primary N) is 1. The zero-order chi connectivity index (χ0) is 17.9. The summed E-state index contributed by atoms with van der Waals surface area (Å²) < 4.78 is 5.43. The number of H-pyrrole nitrogens is 1. The fourth-order valence-corrected chi connectivity index (χ4v) is 3.72. The van der Waals surface area contributed by atoms with Crippen LogP contribution >= 0.6 is 0 Å². The highest BCUT2D eigenvalue weighted by molar-refractivity contribution is 6.08. The molecule has 3 aromatic carbocycles. The predicted octanol–water partition coefficient (Wildman–Crippen LogP) is 5.28. The first-order valence-electron chi connectivity index (χ1n) is 9.18. The van der Waals surface area contributed by atoms with Crippen molar-refractivity contribution in [1.29, 1.82) is 0 Å². The number of hydrogen-bond donors (Lipinski definition) is 2. The lowest BCUT2D eigenvalue weighted by Gasteiger charge is -2.07.